The minimum Gasteiger partial charge on any atom is -0.330 e. The van der Waals surface area contributed by atoms with Crippen molar-refractivity contribution in [2.75, 3.05) is 18.8 Å². The van der Waals surface area contributed by atoms with E-state index in [0.29, 0.717) is 19.0 Å². The highest BCUT2D eigenvalue weighted by Gasteiger charge is 2.41. The molecular formula is C12H25IN2O2S. The second-order valence-corrected chi connectivity index (χ2v) is 9.35. The van der Waals surface area contributed by atoms with E-state index < -0.39 is 10.0 Å². The van der Waals surface area contributed by atoms with E-state index in [-0.39, 0.29) is 15.2 Å². The van der Waals surface area contributed by atoms with Gasteiger partial charge in [0.2, 0.25) is 10.0 Å². The van der Waals surface area contributed by atoms with Crippen molar-refractivity contribution in [1.29, 1.82) is 0 Å². The van der Waals surface area contributed by atoms with Crippen molar-refractivity contribution in [3.05, 3.63) is 0 Å². The second kappa shape index (κ2) is 6.37. The largest absolute Gasteiger partial charge is 0.330 e. The van der Waals surface area contributed by atoms with Gasteiger partial charge in [-0.05, 0) is 44.1 Å². The molecule has 0 aromatic heterocycles. The lowest BCUT2D eigenvalue weighted by Crippen LogP contribution is -2.50. The quantitative estimate of drug-likeness (QED) is 0.446. The molecule has 0 saturated carbocycles. The SMILES string of the molecule is CCS(=O)(=O)N1CCC(CN)(CC(C)C)CC1I. The van der Waals surface area contributed by atoms with Gasteiger partial charge in [-0.25, -0.2) is 8.42 Å². The first-order valence-electron chi connectivity index (χ1n) is 6.60. The van der Waals surface area contributed by atoms with E-state index in [1.54, 1.807) is 11.2 Å². The standard InChI is InChI=1S/C12H25IN2O2S/c1-4-18(16,17)15-6-5-12(9-14,7-10(2)3)8-11(15)13/h10-11H,4-9,14H2,1-3H3. The summed E-state index contributed by atoms with van der Waals surface area (Å²) < 4.78 is 25.7. The molecule has 2 unspecified atom stereocenters. The van der Waals surface area contributed by atoms with E-state index >= 15 is 0 Å². The molecule has 0 radical (unpaired) electrons. The summed E-state index contributed by atoms with van der Waals surface area (Å²) in [6.45, 7) is 7.39. The van der Waals surface area contributed by atoms with Crippen molar-refractivity contribution in [3.63, 3.8) is 0 Å². The number of nitrogens with zero attached hydrogens (tertiary/aromatic N) is 1. The Bertz CT molecular complexity index is 372. The molecule has 0 spiro atoms. The number of piperidine rings is 1. The molecule has 0 bridgehead atoms. The zero-order valence-corrected chi connectivity index (χ0v) is 14.5. The van der Waals surface area contributed by atoms with Crippen LogP contribution in [0.5, 0.6) is 0 Å². The maximum atomic E-state index is 12.0. The van der Waals surface area contributed by atoms with E-state index in [0.717, 1.165) is 19.3 Å². The lowest BCUT2D eigenvalue weighted by molar-refractivity contribution is 0.126. The molecule has 1 rings (SSSR count). The Kier molecular flexibility index (Phi) is 5.89. The van der Waals surface area contributed by atoms with Crippen LogP contribution in [0.4, 0.5) is 0 Å². The van der Waals surface area contributed by atoms with Gasteiger partial charge in [0, 0.05) is 6.54 Å². The van der Waals surface area contributed by atoms with E-state index in [9.17, 15) is 8.42 Å². The number of hydrogen-bond acceptors (Lipinski definition) is 3. The van der Waals surface area contributed by atoms with Crippen LogP contribution in [0.3, 0.4) is 0 Å². The highest BCUT2D eigenvalue weighted by Crippen LogP contribution is 2.42. The van der Waals surface area contributed by atoms with Crippen LogP contribution >= 0.6 is 22.6 Å². The summed E-state index contributed by atoms with van der Waals surface area (Å²) >= 11 is 2.25. The lowest BCUT2D eigenvalue weighted by Gasteiger charge is -2.44. The Morgan fingerprint density at radius 3 is 2.50 bits per heavy atom. The predicted molar refractivity (Wildman–Crippen MR) is 84.2 cm³/mol. The Hall–Kier alpha value is 0.600. The number of nitrogens with two attached hydrogens (primary N) is 1. The molecule has 1 aliphatic rings. The highest BCUT2D eigenvalue weighted by molar-refractivity contribution is 14.1. The molecule has 6 heteroatoms. The molecule has 18 heavy (non-hydrogen) atoms. The minimum atomic E-state index is -3.07. The molecule has 108 valence electrons. The van der Waals surface area contributed by atoms with Crippen LogP contribution in [0.25, 0.3) is 0 Å². The van der Waals surface area contributed by atoms with Crippen molar-refractivity contribution < 1.29 is 8.42 Å². The van der Waals surface area contributed by atoms with Crippen LogP contribution in [-0.4, -0.2) is 35.6 Å². The van der Waals surface area contributed by atoms with Gasteiger partial charge in [-0.3, -0.25) is 0 Å². The summed E-state index contributed by atoms with van der Waals surface area (Å²) in [5.74, 6) is 0.790. The van der Waals surface area contributed by atoms with Gasteiger partial charge in [0.25, 0.3) is 0 Å². The van der Waals surface area contributed by atoms with Gasteiger partial charge in [-0.2, -0.15) is 4.31 Å². The van der Waals surface area contributed by atoms with Crippen LogP contribution in [0.1, 0.15) is 40.0 Å². The van der Waals surface area contributed by atoms with Gasteiger partial charge >= 0.3 is 0 Å². The number of alkyl halides is 1. The molecular weight excluding hydrogens is 363 g/mol. The molecule has 0 aliphatic carbocycles. The minimum absolute atomic E-state index is 0.0450. The van der Waals surface area contributed by atoms with Gasteiger partial charge in [0.1, 0.15) is 0 Å². The Balaban J connectivity index is 2.81. The molecule has 2 atom stereocenters. The third-order valence-corrected chi connectivity index (χ3v) is 7.14. The van der Waals surface area contributed by atoms with Crippen LogP contribution < -0.4 is 5.73 Å². The normalized spacial score (nSPS) is 30.9. The van der Waals surface area contributed by atoms with E-state index in [1.807, 2.05) is 0 Å². The molecule has 0 aromatic rings. The van der Waals surface area contributed by atoms with E-state index in [4.69, 9.17) is 5.73 Å². The third-order valence-electron chi connectivity index (χ3n) is 3.77. The maximum absolute atomic E-state index is 12.0. The molecule has 1 aliphatic heterocycles. The first-order valence-corrected chi connectivity index (χ1v) is 9.45. The van der Waals surface area contributed by atoms with E-state index in [2.05, 4.69) is 36.4 Å². The Morgan fingerprint density at radius 2 is 2.11 bits per heavy atom. The molecule has 0 aromatic carbocycles. The second-order valence-electron chi connectivity index (χ2n) is 5.70. The van der Waals surface area contributed by atoms with Crippen molar-refractivity contribution in [2.24, 2.45) is 17.1 Å². The highest BCUT2D eigenvalue weighted by atomic mass is 127. The summed E-state index contributed by atoms with van der Waals surface area (Å²) in [4.78, 5) is 0. The van der Waals surface area contributed by atoms with Crippen LogP contribution in [0.15, 0.2) is 0 Å². The zero-order chi connectivity index (χ0) is 14.0. The Morgan fingerprint density at radius 1 is 1.50 bits per heavy atom. The van der Waals surface area contributed by atoms with Gasteiger partial charge < -0.3 is 5.73 Å². The predicted octanol–water partition coefficient (Wildman–Crippen LogP) is 2.18. The number of rotatable bonds is 5. The summed E-state index contributed by atoms with van der Waals surface area (Å²) in [5.41, 5.74) is 6.09. The number of halogens is 1. The maximum Gasteiger partial charge on any atom is 0.214 e. The van der Waals surface area contributed by atoms with Crippen molar-refractivity contribution in [2.45, 2.75) is 44.1 Å². The fraction of sp³-hybridized carbons (Fsp3) is 1.00. The van der Waals surface area contributed by atoms with Crippen molar-refractivity contribution in [3.8, 4) is 0 Å². The van der Waals surface area contributed by atoms with E-state index in [1.165, 1.54) is 0 Å². The first kappa shape index (κ1) is 16.7. The topological polar surface area (TPSA) is 63.4 Å². The van der Waals surface area contributed by atoms with Gasteiger partial charge in [0.15, 0.2) is 0 Å². The van der Waals surface area contributed by atoms with Gasteiger partial charge in [-0.1, -0.05) is 36.4 Å². The van der Waals surface area contributed by atoms with Crippen LogP contribution in [0.2, 0.25) is 0 Å². The molecule has 1 heterocycles. The molecule has 2 N–H and O–H groups in total. The monoisotopic (exact) mass is 388 g/mol. The third kappa shape index (κ3) is 3.80. The lowest BCUT2D eigenvalue weighted by atomic mass is 9.73. The summed E-state index contributed by atoms with van der Waals surface area (Å²) in [6.07, 6.45) is 2.85. The molecule has 1 saturated heterocycles. The fourth-order valence-corrected chi connectivity index (χ4v) is 6.22. The summed E-state index contributed by atoms with van der Waals surface area (Å²) in [5, 5.41) is 0. The van der Waals surface area contributed by atoms with Crippen LogP contribution in [0, 0.1) is 11.3 Å². The van der Waals surface area contributed by atoms with Crippen LogP contribution in [-0.2, 0) is 10.0 Å². The first-order chi connectivity index (χ1) is 8.26. The molecule has 0 amide bonds. The van der Waals surface area contributed by atoms with Crippen molar-refractivity contribution >= 4 is 32.6 Å². The summed E-state index contributed by atoms with van der Waals surface area (Å²) in [7, 11) is -3.07. The smallest absolute Gasteiger partial charge is 0.214 e. The van der Waals surface area contributed by atoms with Crippen molar-refractivity contribution in [1.82, 2.24) is 4.31 Å². The number of hydrogen-bond donors (Lipinski definition) is 1. The van der Waals surface area contributed by atoms with Gasteiger partial charge in [0.05, 0.1) is 9.80 Å². The molecule has 4 nitrogen and oxygen atoms in total. The average Bonchev–Trinajstić information content (AvgIpc) is 2.27. The summed E-state index contributed by atoms with van der Waals surface area (Å²) in [6, 6.07) is 0. The zero-order valence-electron chi connectivity index (χ0n) is 11.5. The number of sulfonamides is 1. The molecule has 1 fully saturated rings. The Labute approximate surface area is 125 Å². The fourth-order valence-electron chi connectivity index (χ4n) is 2.85. The van der Waals surface area contributed by atoms with Gasteiger partial charge in [-0.15, -0.1) is 0 Å². The average molecular weight is 388 g/mol.